The molecule has 0 saturated heterocycles. The summed E-state index contributed by atoms with van der Waals surface area (Å²) in [5.41, 5.74) is 0.157. The number of carbonyl (C=O) groups excluding carboxylic acids is 1. The second kappa shape index (κ2) is 4.69. The van der Waals surface area contributed by atoms with Crippen molar-refractivity contribution in [1.29, 1.82) is 0 Å². The number of nitrogens with zero attached hydrogens (tertiary/aromatic N) is 3. The zero-order valence-corrected chi connectivity index (χ0v) is 10.0. The van der Waals surface area contributed by atoms with E-state index in [1.165, 1.54) is 23.0 Å². The molecule has 0 fully saturated rings. The molecule has 0 aliphatic rings. The summed E-state index contributed by atoms with van der Waals surface area (Å²) in [5.74, 6) is -1.93. The largest absolute Gasteiger partial charge is 0.306 e. The molecule has 0 unspecified atom stereocenters. The van der Waals surface area contributed by atoms with E-state index in [0.717, 1.165) is 18.2 Å². The molecule has 5 nitrogen and oxygen atoms in total. The van der Waals surface area contributed by atoms with Crippen LogP contribution in [0.4, 0.5) is 14.6 Å². The van der Waals surface area contributed by atoms with Gasteiger partial charge in [0.25, 0.3) is 5.91 Å². The smallest absolute Gasteiger partial charge is 0.259 e. The normalized spacial score (nSPS) is 10.7. The molecule has 0 aliphatic carbocycles. The molecule has 20 heavy (non-hydrogen) atoms. The number of amides is 1. The Balaban J connectivity index is 1.96. The fourth-order valence-electron chi connectivity index (χ4n) is 1.78. The van der Waals surface area contributed by atoms with Gasteiger partial charge in [-0.2, -0.15) is 9.61 Å². The van der Waals surface area contributed by atoms with Crippen molar-refractivity contribution in [1.82, 2.24) is 14.6 Å². The fraction of sp³-hybridized carbons (Fsp3) is 0. The summed E-state index contributed by atoms with van der Waals surface area (Å²) in [7, 11) is 0. The molecule has 100 valence electrons. The zero-order chi connectivity index (χ0) is 14.1. The maximum atomic E-state index is 13.5. The SMILES string of the molecule is O=C(Nc1ccnc2ccnn12)c1cc(F)ccc1F. The van der Waals surface area contributed by atoms with Gasteiger partial charge in [-0.05, 0) is 24.3 Å². The van der Waals surface area contributed by atoms with Crippen molar-refractivity contribution in [3.05, 3.63) is 59.9 Å². The van der Waals surface area contributed by atoms with Gasteiger partial charge in [0, 0.05) is 12.3 Å². The predicted octanol–water partition coefficient (Wildman–Crippen LogP) is 2.26. The quantitative estimate of drug-likeness (QED) is 0.779. The molecule has 1 N–H and O–H groups in total. The van der Waals surface area contributed by atoms with E-state index in [-0.39, 0.29) is 5.56 Å². The number of hydrogen-bond acceptors (Lipinski definition) is 3. The van der Waals surface area contributed by atoms with Crippen LogP contribution >= 0.6 is 0 Å². The van der Waals surface area contributed by atoms with Gasteiger partial charge in [-0.25, -0.2) is 13.8 Å². The van der Waals surface area contributed by atoms with Crippen LogP contribution in [-0.4, -0.2) is 20.5 Å². The molecule has 3 rings (SSSR count). The van der Waals surface area contributed by atoms with Crippen LogP contribution in [0.1, 0.15) is 10.4 Å². The van der Waals surface area contributed by atoms with Crippen molar-refractivity contribution in [2.45, 2.75) is 0 Å². The van der Waals surface area contributed by atoms with Crippen LogP contribution in [-0.2, 0) is 0 Å². The van der Waals surface area contributed by atoms with Crippen molar-refractivity contribution in [2.24, 2.45) is 0 Å². The van der Waals surface area contributed by atoms with E-state index in [0.29, 0.717) is 11.5 Å². The summed E-state index contributed by atoms with van der Waals surface area (Å²) in [6.45, 7) is 0. The van der Waals surface area contributed by atoms with Gasteiger partial charge in [-0.3, -0.25) is 4.79 Å². The molecule has 1 amide bonds. The van der Waals surface area contributed by atoms with Crippen LogP contribution in [0.2, 0.25) is 0 Å². The first-order chi connectivity index (χ1) is 9.65. The first kappa shape index (κ1) is 12.2. The molecule has 0 bridgehead atoms. The lowest BCUT2D eigenvalue weighted by Crippen LogP contribution is -2.16. The third-order valence-electron chi connectivity index (χ3n) is 2.70. The van der Waals surface area contributed by atoms with Gasteiger partial charge in [0.05, 0.1) is 11.8 Å². The fourth-order valence-corrected chi connectivity index (χ4v) is 1.78. The zero-order valence-electron chi connectivity index (χ0n) is 10.0. The first-order valence-electron chi connectivity index (χ1n) is 5.70. The Labute approximate surface area is 111 Å². The Morgan fingerprint density at radius 2 is 2.00 bits per heavy atom. The van der Waals surface area contributed by atoms with Crippen LogP contribution < -0.4 is 5.32 Å². The Morgan fingerprint density at radius 1 is 1.15 bits per heavy atom. The molecule has 0 atom stereocenters. The van der Waals surface area contributed by atoms with Crippen LogP contribution in [0.15, 0.2) is 42.7 Å². The van der Waals surface area contributed by atoms with Crippen molar-refractivity contribution >= 4 is 17.4 Å². The number of carbonyl (C=O) groups is 1. The van der Waals surface area contributed by atoms with Crippen LogP contribution in [0.5, 0.6) is 0 Å². The number of fused-ring (bicyclic) bond motifs is 1. The molecule has 2 aromatic heterocycles. The second-order valence-corrected chi connectivity index (χ2v) is 4.01. The van der Waals surface area contributed by atoms with Crippen LogP contribution in [0.25, 0.3) is 5.65 Å². The molecule has 0 radical (unpaired) electrons. The van der Waals surface area contributed by atoms with Crippen LogP contribution in [0, 0.1) is 11.6 Å². The summed E-state index contributed by atoms with van der Waals surface area (Å²) < 4.78 is 28.0. The van der Waals surface area contributed by atoms with Gasteiger partial charge in [-0.15, -0.1) is 0 Å². The minimum Gasteiger partial charge on any atom is -0.306 e. The van der Waals surface area contributed by atoms with E-state index in [2.05, 4.69) is 15.4 Å². The average molecular weight is 274 g/mol. The number of halogens is 2. The minimum absolute atomic E-state index is 0.314. The second-order valence-electron chi connectivity index (χ2n) is 4.01. The summed E-state index contributed by atoms with van der Waals surface area (Å²) in [6, 6.07) is 5.85. The standard InChI is InChI=1S/C13H8F2N4O/c14-8-1-2-10(15)9(7-8)13(20)18-12-3-5-16-11-4-6-17-19(11)12/h1-7H,(H,18,20). The van der Waals surface area contributed by atoms with E-state index in [1.807, 2.05) is 0 Å². The third-order valence-corrected chi connectivity index (χ3v) is 2.70. The van der Waals surface area contributed by atoms with E-state index in [9.17, 15) is 13.6 Å². The van der Waals surface area contributed by atoms with Gasteiger partial charge < -0.3 is 5.32 Å². The Morgan fingerprint density at radius 3 is 2.85 bits per heavy atom. The van der Waals surface area contributed by atoms with Crippen molar-refractivity contribution in [2.75, 3.05) is 5.32 Å². The molecule has 7 heteroatoms. The number of nitrogens with one attached hydrogen (secondary N) is 1. The maximum Gasteiger partial charge on any atom is 0.259 e. The lowest BCUT2D eigenvalue weighted by molar-refractivity contribution is 0.102. The number of hydrogen-bond donors (Lipinski definition) is 1. The van der Waals surface area contributed by atoms with Gasteiger partial charge in [0.1, 0.15) is 17.5 Å². The third kappa shape index (κ3) is 2.09. The molecular weight excluding hydrogens is 266 g/mol. The Kier molecular flexibility index (Phi) is 2.86. The first-order valence-corrected chi connectivity index (χ1v) is 5.70. The van der Waals surface area contributed by atoms with Gasteiger partial charge >= 0.3 is 0 Å². The van der Waals surface area contributed by atoms with E-state index in [1.54, 1.807) is 6.07 Å². The molecule has 1 aromatic carbocycles. The lowest BCUT2D eigenvalue weighted by Gasteiger charge is -2.07. The summed E-state index contributed by atoms with van der Waals surface area (Å²) in [6.07, 6.45) is 3.00. The highest BCUT2D eigenvalue weighted by atomic mass is 19.1. The van der Waals surface area contributed by atoms with Gasteiger partial charge in [-0.1, -0.05) is 0 Å². The van der Waals surface area contributed by atoms with E-state index >= 15 is 0 Å². The Hall–Kier alpha value is -2.83. The number of anilines is 1. The van der Waals surface area contributed by atoms with Crippen molar-refractivity contribution in [3.8, 4) is 0 Å². The average Bonchev–Trinajstić information content (AvgIpc) is 2.91. The number of rotatable bonds is 2. The highest BCUT2D eigenvalue weighted by Gasteiger charge is 2.14. The number of aromatic nitrogens is 3. The molecule has 2 heterocycles. The molecule has 0 aliphatic heterocycles. The van der Waals surface area contributed by atoms with Crippen molar-refractivity contribution < 1.29 is 13.6 Å². The Bertz CT molecular complexity index is 800. The molecule has 0 saturated carbocycles. The predicted molar refractivity (Wildman–Crippen MR) is 67.3 cm³/mol. The number of benzene rings is 1. The molecule has 3 aromatic rings. The highest BCUT2D eigenvalue weighted by molar-refractivity contribution is 6.04. The van der Waals surface area contributed by atoms with Gasteiger partial charge in [0.2, 0.25) is 0 Å². The topological polar surface area (TPSA) is 59.3 Å². The monoisotopic (exact) mass is 274 g/mol. The minimum atomic E-state index is -0.797. The lowest BCUT2D eigenvalue weighted by atomic mass is 10.2. The van der Waals surface area contributed by atoms with E-state index < -0.39 is 17.5 Å². The van der Waals surface area contributed by atoms with Crippen molar-refractivity contribution in [3.63, 3.8) is 0 Å². The highest BCUT2D eigenvalue weighted by Crippen LogP contribution is 2.14. The summed E-state index contributed by atoms with van der Waals surface area (Å²) in [5, 5.41) is 6.45. The van der Waals surface area contributed by atoms with Gasteiger partial charge in [0.15, 0.2) is 5.65 Å². The molecular formula is C13H8F2N4O. The molecule has 0 spiro atoms. The summed E-state index contributed by atoms with van der Waals surface area (Å²) in [4.78, 5) is 16.0. The summed E-state index contributed by atoms with van der Waals surface area (Å²) >= 11 is 0. The maximum absolute atomic E-state index is 13.5. The van der Waals surface area contributed by atoms with Crippen LogP contribution in [0.3, 0.4) is 0 Å². The van der Waals surface area contributed by atoms with E-state index in [4.69, 9.17) is 0 Å².